The Balaban J connectivity index is 2.17. The Labute approximate surface area is 155 Å². The average Bonchev–Trinajstić information content (AvgIpc) is 2.70. The van der Waals surface area contributed by atoms with Gasteiger partial charge >= 0.3 is 0 Å². The van der Waals surface area contributed by atoms with Gasteiger partial charge in [0.25, 0.3) is 5.91 Å². The van der Waals surface area contributed by atoms with Crippen molar-refractivity contribution in [3.8, 4) is 5.75 Å². The lowest BCUT2D eigenvalue weighted by molar-refractivity contribution is 0.0955. The highest BCUT2D eigenvalue weighted by molar-refractivity contribution is 6.01. The van der Waals surface area contributed by atoms with Gasteiger partial charge in [-0.2, -0.15) is 5.10 Å². The normalized spacial score (nSPS) is 11.5. The molecular formula is C21H27N3O2. The van der Waals surface area contributed by atoms with Gasteiger partial charge in [-0.1, -0.05) is 32.0 Å². The number of carbonyl (C=O) groups excluding carboxylic acids is 1. The van der Waals surface area contributed by atoms with E-state index < -0.39 is 0 Å². The Kier molecular flexibility index (Phi) is 7.36. The van der Waals surface area contributed by atoms with Crippen LogP contribution in [0, 0.1) is 0 Å². The number of amides is 1. The fraction of sp³-hybridized carbons (Fsp3) is 0.333. The second kappa shape index (κ2) is 9.73. The summed E-state index contributed by atoms with van der Waals surface area (Å²) in [5.74, 6) is 0.642. The first-order valence-electron chi connectivity index (χ1n) is 8.88. The number of nitrogens with zero attached hydrogens (tertiary/aromatic N) is 2. The highest BCUT2D eigenvalue weighted by atomic mass is 16.5. The van der Waals surface area contributed by atoms with Crippen molar-refractivity contribution < 1.29 is 9.53 Å². The van der Waals surface area contributed by atoms with Crippen LogP contribution in [0.15, 0.2) is 53.6 Å². The monoisotopic (exact) mass is 353 g/mol. The van der Waals surface area contributed by atoms with Crippen molar-refractivity contribution in [2.45, 2.75) is 27.3 Å². The maximum absolute atomic E-state index is 12.1. The third-order valence-electron chi connectivity index (χ3n) is 4.35. The number of rotatable bonds is 8. The second-order valence-corrected chi connectivity index (χ2v) is 5.99. The molecule has 0 bridgehead atoms. The van der Waals surface area contributed by atoms with Gasteiger partial charge in [0.2, 0.25) is 0 Å². The van der Waals surface area contributed by atoms with E-state index in [9.17, 15) is 4.79 Å². The number of ether oxygens (including phenoxy) is 1. The maximum Gasteiger partial charge on any atom is 0.271 e. The lowest BCUT2D eigenvalue weighted by atomic mass is 10.1. The number of carbonyl (C=O) groups is 1. The number of hydrogen-bond donors (Lipinski definition) is 1. The summed E-state index contributed by atoms with van der Waals surface area (Å²) in [6.45, 7) is 8.94. The minimum atomic E-state index is -0.221. The van der Waals surface area contributed by atoms with Crippen LogP contribution in [0.1, 0.15) is 42.3 Å². The van der Waals surface area contributed by atoms with Gasteiger partial charge in [-0.3, -0.25) is 9.69 Å². The molecule has 5 nitrogen and oxygen atoms in total. The largest absolute Gasteiger partial charge is 0.496 e. The van der Waals surface area contributed by atoms with Crippen LogP contribution in [0.4, 0.5) is 0 Å². The van der Waals surface area contributed by atoms with Gasteiger partial charge in [-0.15, -0.1) is 0 Å². The number of hydrogen-bond acceptors (Lipinski definition) is 4. The summed E-state index contributed by atoms with van der Waals surface area (Å²) in [6.07, 6.45) is 0. The Morgan fingerprint density at radius 3 is 2.38 bits per heavy atom. The first-order chi connectivity index (χ1) is 12.6. The van der Waals surface area contributed by atoms with Gasteiger partial charge in [0.15, 0.2) is 0 Å². The lowest BCUT2D eigenvalue weighted by Crippen LogP contribution is -2.22. The summed E-state index contributed by atoms with van der Waals surface area (Å²) in [4.78, 5) is 14.5. The summed E-state index contributed by atoms with van der Waals surface area (Å²) < 4.78 is 5.49. The molecule has 0 saturated carbocycles. The predicted octanol–water partition coefficient (Wildman–Crippen LogP) is 3.69. The highest BCUT2D eigenvalue weighted by Crippen LogP contribution is 2.22. The van der Waals surface area contributed by atoms with Crippen molar-refractivity contribution in [3.63, 3.8) is 0 Å². The predicted molar refractivity (Wildman–Crippen MR) is 106 cm³/mol. The SMILES string of the molecule is CCN(CC)Cc1cc(/C(C)=N\NC(=O)c2ccccc2)ccc1OC. The maximum atomic E-state index is 12.1. The Morgan fingerprint density at radius 1 is 1.08 bits per heavy atom. The molecule has 0 saturated heterocycles. The highest BCUT2D eigenvalue weighted by Gasteiger charge is 2.10. The minimum absolute atomic E-state index is 0.221. The van der Waals surface area contributed by atoms with Gasteiger partial charge in [-0.05, 0) is 55.9 Å². The van der Waals surface area contributed by atoms with Crippen LogP contribution in [0.5, 0.6) is 5.75 Å². The zero-order valence-corrected chi connectivity index (χ0v) is 16.0. The van der Waals surface area contributed by atoms with E-state index in [1.807, 2.05) is 37.3 Å². The molecule has 1 N–H and O–H groups in total. The van der Waals surface area contributed by atoms with Crippen molar-refractivity contribution in [3.05, 3.63) is 65.2 Å². The zero-order valence-electron chi connectivity index (χ0n) is 16.0. The standard InChI is InChI=1S/C21H27N3O2/c1-5-24(6-2)15-19-14-18(12-13-20(19)26-4)16(3)22-23-21(25)17-10-8-7-9-11-17/h7-14H,5-6,15H2,1-4H3,(H,23,25)/b22-16-. The summed E-state index contributed by atoms with van der Waals surface area (Å²) in [6, 6.07) is 15.0. The van der Waals surface area contributed by atoms with Gasteiger partial charge in [0, 0.05) is 17.7 Å². The molecule has 2 aromatic rings. The van der Waals surface area contributed by atoms with Crippen LogP contribution in [-0.2, 0) is 6.54 Å². The molecule has 0 radical (unpaired) electrons. The fourth-order valence-corrected chi connectivity index (χ4v) is 2.67. The molecule has 0 fully saturated rings. The van der Waals surface area contributed by atoms with E-state index >= 15 is 0 Å². The Bertz CT molecular complexity index is 753. The number of nitrogens with one attached hydrogen (secondary N) is 1. The van der Waals surface area contributed by atoms with E-state index in [0.29, 0.717) is 5.56 Å². The molecule has 0 aromatic heterocycles. The van der Waals surface area contributed by atoms with Crippen LogP contribution in [-0.4, -0.2) is 36.7 Å². The number of methoxy groups -OCH3 is 1. The van der Waals surface area contributed by atoms with E-state index in [-0.39, 0.29) is 5.91 Å². The summed E-state index contributed by atoms with van der Waals surface area (Å²) in [5, 5.41) is 4.25. The minimum Gasteiger partial charge on any atom is -0.496 e. The summed E-state index contributed by atoms with van der Waals surface area (Å²) in [5.41, 5.74) is 6.02. The molecule has 2 aromatic carbocycles. The van der Waals surface area contributed by atoms with Gasteiger partial charge in [-0.25, -0.2) is 5.43 Å². The lowest BCUT2D eigenvalue weighted by Gasteiger charge is -2.20. The molecule has 0 aliphatic carbocycles. The zero-order chi connectivity index (χ0) is 18.9. The van der Waals surface area contributed by atoms with Crippen molar-refractivity contribution in [1.82, 2.24) is 10.3 Å². The number of benzene rings is 2. The van der Waals surface area contributed by atoms with Gasteiger partial charge in [0.05, 0.1) is 12.8 Å². The average molecular weight is 353 g/mol. The first kappa shape index (κ1) is 19.7. The smallest absolute Gasteiger partial charge is 0.271 e. The van der Waals surface area contributed by atoms with Crippen molar-refractivity contribution in [2.75, 3.05) is 20.2 Å². The molecule has 0 atom stereocenters. The van der Waals surface area contributed by atoms with Crippen molar-refractivity contribution in [1.29, 1.82) is 0 Å². The van der Waals surface area contributed by atoms with Crippen molar-refractivity contribution in [2.24, 2.45) is 5.10 Å². The molecule has 1 amide bonds. The summed E-state index contributed by atoms with van der Waals surface area (Å²) in [7, 11) is 1.68. The molecule has 0 spiro atoms. The van der Waals surface area contributed by atoms with E-state index in [1.54, 1.807) is 19.2 Å². The van der Waals surface area contributed by atoms with Crippen LogP contribution in [0.25, 0.3) is 0 Å². The first-order valence-corrected chi connectivity index (χ1v) is 8.88. The molecule has 0 unspecified atom stereocenters. The second-order valence-electron chi connectivity index (χ2n) is 5.99. The van der Waals surface area contributed by atoms with E-state index in [2.05, 4.69) is 35.3 Å². The van der Waals surface area contributed by atoms with Gasteiger partial charge in [0.1, 0.15) is 5.75 Å². The fourth-order valence-electron chi connectivity index (χ4n) is 2.67. The Morgan fingerprint density at radius 2 is 1.77 bits per heavy atom. The van der Waals surface area contributed by atoms with Crippen LogP contribution < -0.4 is 10.2 Å². The van der Waals surface area contributed by atoms with Crippen LogP contribution >= 0.6 is 0 Å². The van der Waals surface area contributed by atoms with Gasteiger partial charge < -0.3 is 4.74 Å². The van der Waals surface area contributed by atoms with E-state index in [0.717, 1.165) is 42.2 Å². The quantitative estimate of drug-likeness (QED) is 0.582. The molecule has 0 aliphatic heterocycles. The third kappa shape index (κ3) is 5.17. The molecule has 0 aliphatic rings. The third-order valence-corrected chi connectivity index (χ3v) is 4.35. The summed E-state index contributed by atoms with van der Waals surface area (Å²) >= 11 is 0. The topological polar surface area (TPSA) is 53.9 Å². The molecular weight excluding hydrogens is 326 g/mol. The van der Waals surface area contributed by atoms with Crippen LogP contribution in [0.3, 0.4) is 0 Å². The van der Waals surface area contributed by atoms with E-state index in [4.69, 9.17) is 4.74 Å². The van der Waals surface area contributed by atoms with E-state index in [1.165, 1.54) is 0 Å². The molecule has 5 heteroatoms. The molecule has 138 valence electrons. The molecule has 26 heavy (non-hydrogen) atoms. The Hall–Kier alpha value is -2.66. The molecule has 0 heterocycles. The molecule has 2 rings (SSSR count). The number of hydrazone groups is 1. The van der Waals surface area contributed by atoms with Crippen molar-refractivity contribution >= 4 is 11.6 Å². The van der Waals surface area contributed by atoms with Crippen LogP contribution in [0.2, 0.25) is 0 Å².